The molecule has 2 aromatic rings. The standard InChI is InChI=1S/C15H11FN2O3/c16-13-7-3-5-11(17-13)14(19)18-8-10(15(20)21)9-4-1-2-6-12(9)18/h1-7,10H,8H2,(H,20,21). The van der Waals surface area contributed by atoms with E-state index in [2.05, 4.69) is 4.98 Å². The van der Waals surface area contributed by atoms with Crippen LogP contribution in [0.3, 0.4) is 0 Å². The second kappa shape index (κ2) is 4.97. The number of para-hydroxylation sites is 1. The molecular formula is C15H11FN2O3. The number of benzene rings is 1. The lowest BCUT2D eigenvalue weighted by molar-refractivity contribution is -0.138. The average molecular weight is 286 g/mol. The smallest absolute Gasteiger partial charge is 0.312 e. The number of halogens is 1. The van der Waals surface area contributed by atoms with Crippen molar-refractivity contribution in [3.8, 4) is 0 Å². The van der Waals surface area contributed by atoms with E-state index in [1.807, 2.05) is 0 Å². The summed E-state index contributed by atoms with van der Waals surface area (Å²) in [4.78, 5) is 28.6. The van der Waals surface area contributed by atoms with Gasteiger partial charge in [-0.15, -0.1) is 0 Å². The molecule has 0 radical (unpaired) electrons. The van der Waals surface area contributed by atoms with Crippen LogP contribution < -0.4 is 4.90 Å². The molecule has 5 nitrogen and oxygen atoms in total. The van der Waals surface area contributed by atoms with Gasteiger partial charge in [0.1, 0.15) is 11.6 Å². The van der Waals surface area contributed by atoms with E-state index in [9.17, 15) is 19.1 Å². The second-order valence-electron chi connectivity index (χ2n) is 4.71. The molecule has 0 aliphatic carbocycles. The van der Waals surface area contributed by atoms with E-state index in [4.69, 9.17) is 0 Å². The summed E-state index contributed by atoms with van der Waals surface area (Å²) in [5.41, 5.74) is 1.06. The van der Waals surface area contributed by atoms with Crippen molar-refractivity contribution in [2.75, 3.05) is 11.4 Å². The van der Waals surface area contributed by atoms with E-state index in [1.54, 1.807) is 24.3 Å². The van der Waals surface area contributed by atoms with Crippen molar-refractivity contribution in [3.63, 3.8) is 0 Å². The molecule has 1 amide bonds. The number of carbonyl (C=O) groups is 2. The van der Waals surface area contributed by atoms with Crippen molar-refractivity contribution in [3.05, 3.63) is 59.7 Å². The highest BCUT2D eigenvalue weighted by molar-refractivity contribution is 6.07. The van der Waals surface area contributed by atoms with Crippen LogP contribution in [0, 0.1) is 5.95 Å². The number of carboxylic acids is 1. The molecule has 1 aromatic carbocycles. The van der Waals surface area contributed by atoms with Gasteiger partial charge in [0.2, 0.25) is 5.95 Å². The van der Waals surface area contributed by atoms with Crippen LogP contribution in [0.15, 0.2) is 42.5 Å². The molecule has 0 fully saturated rings. The van der Waals surface area contributed by atoms with Crippen molar-refractivity contribution in [2.45, 2.75) is 5.92 Å². The molecule has 3 rings (SSSR count). The summed E-state index contributed by atoms with van der Waals surface area (Å²) in [5.74, 6) is -3.03. The number of nitrogens with zero attached hydrogens (tertiary/aromatic N) is 2. The molecule has 106 valence electrons. The molecule has 1 unspecified atom stereocenters. The maximum atomic E-state index is 13.1. The lowest BCUT2D eigenvalue weighted by Crippen LogP contribution is -2.32. The molecular weight excluding hydrogens is 275 g/mol. The Balaban J connectivity index is 2.01. The molecule has 6 heteroatoms. The summed E-state index contributed by atoms with van der Waals surface area (Å²) >= 11 is 0. The summed E-state index contributed by atoms with van der Waals surface area (Å²) in [6, 6.07) is 10.8. The van der Waals surface area contributed by atoms with Crippen LogP contribution in [0.25, 0.3) is 0 Å². The van der Waals surface area contributed by atoms with Crippen LogP contribution in [0.2, 0.25) is 0 Å². The van der Waals surface area contributed by atoms with Gasteiger partial charge < -0.3 is 10.0 Å². The first kappa shape index (κ1) is 13.2. The van der Waals surface area contributed by atoms with Crippen molar-refractivity contribution in [2.24, 2.45) is 0 Å². The summed E-state index contributed by atoms with van der Waals surface area (Å²) in [6.07, 6.45) is 0. The number of aliphatic carboxylic acids is 1. The van der Waals surface area contributed by atoms with Gasteiger partial charge in [-0.2, -0.15) is 4.39 Å². The van der Waals surface area contributed by atoms with Crippen molar-refractivity contribution in [1.82, 2.24) is 4.98 Å². The molecule has 0 saturated carbocycles. The number of hydrogen-bond acceptors (Lipinski definition) is 3. The fourth-order valence-corrected chi connectivity index (χ4v) is 2.48. The lowest BCUT2D eigenvalue weighted by atomic mass is 10.0. The Morgan fingerprint density at radius 2 is 1.95 bits per heavy atom. The van der Waals surface area contributed by atoms with Crippen molar-refractivity contribution < 1.29 is 19.1 Å². The molecule has 0 bridgehead atoms. The number of hydrogen-bond donors (Lipinski definition) is 1. The van der Waals surface area contributed by atoms with Gasteiger partial charge >= 0.3 is 5.97 Å². The minimum Gasteiger partial charge on any atom is -0.481 e. The highest BCUT2D eigenvalue weighted by Crippen LogP contribution is 2.36. The van der Waals surface area contributed by atoms with Crippen LogP contribution >= 0.6 is 0 Å². The molecule has 0 saturated heterocycles. The normalized spacial score (nSPS) is 16.6. The third-order valence-corrected chi connectivity index (χ3v) is 3.45. The first-order valence-electron chi connectivity index (χ1n) is 6.34. The average Bonchev–Trinajstić information content (AvgIpc) is 2.86. The quantitative estimate of drug-likeness (QED) is 0.858. The molecule has 21 heavy (non-hydrogen) atoms. The SMILES string of the molecule is O=C(O)C1CN(C(=O)c2cccc(F)n2)c2ccccc21. The number of amides is 1. The maximum absolute atomic E-state index is 13.1. The Kier molecular flexibility index (Phi) is 3.13. The number of rotatable bonds is 2. The molecule has 2 heterocycles. The van der Waals surface area contributed by atoms with E-state index in [1.165, 1.54) is 17.0 Å². The topological polar surface area (TPSA) is 70.5 Å². The Labute approximate surface area is 119 Å². The van der Waals surface area contributed by atoms with Gasteiger partial charge in [0.05, 0.1) is 0 Å². The minimum atomic E-state index is -0.995. The summed E-state index contributed by atoms with van der Waals surface area (Å²) < 4.78 is 13.1. The van der Waals surface area contributed by atoms with Crippen LogP contribution in [-0.4, -0.2) is 28.5 Å². The predicted molar refractivity (Wildman–Crippen MR) is 72.7 cm³/mol. The molecule has 1 atom stereocenters. The first-order valence-corrected chi connectivity index (χ1v) is 6.34. The zero-order valence-electron chi connectivity index (χ0n) is 10.9. The third-order valence-electron chi connectivity index (χ3n) is 3.45. The van der Waals surface area contributed by atoms with Gasteiger partial charge in [0, 0.05) is 12.2 Å². The highest BCUT2D eigenvalue weighted by atomic mass is 19.1. The van der Waals surface area contributed by atoms with Crippen LogP contribution in [-0.2, 0) is 4.79 Å². The third kappa shape index (κ3) is 2.24. The second-order valence-corrected chi connectivity index (χ2v) is 4.71. The predicted octanol–water partition coefficient (Wildman–Crippen LogP) is 2.05. The van der Waals surface area contributed by atoms with Crippen LogP contribution in [0.5, 0.6) is 0 Å². The van der Waals surface area contributed by atoms with Crippen molar-refractivity contribution >= 4 is 17.6 Å². The Morgan fingerprint density at radius 3 is 2.67 bits per heavy atom. The first-order chi connectivity index (χ1) is 10.1. The molecule has 1 aliphatic rings. The van der Waals surface area contributed by atoms with E-state index in [-0.39, 0.29) is 12.2 Å². The molecule has 1 N–H and O–H groups in total. The molecule has 1 aliphatic heterocycles. The molecule has 0 spiro atoms. The number of carboxylic acid groups (broad SMARTS) is 1. The van der Waals surface area contributed by atoms with Crippen molar-refractivity contribution in [1.29, 1.82) is 0 Å². The summed E-state index contributed by atoms with van der Waals surface area (Å²) in [5, 5.41) is 9.26. The largest absolute Gasteiger partial charge is 0.481 e. The highest BCUT2D eigenvalue weighted by Gasteiger charge is 2.36. The van der Waals surface area contributed by atoms with Gasteiger partial charge in [-0.3, -0.25) is 9.59 Å². The van der Waals surface area contributed by atoms with E-state index in [0.717, 1.165) is 6.07 Å². The van der Waals surface area contributed by atoms with Gasteiger partial charge in [-0.05, 0) is 23.8 Å². The number of aromatic nitrogens is 1. The number of carbonyl (C=O) groups excluding carboxylic acids is 1. The van der Waals surface area contributed by atoms with E-state index in [0.29, 0.717) is 11.3 Å². The van der Waals surface area contributed by atoms with Gasteiger partial charge in [0.25, 0.3) is 5.91 Å². The number of anilines is 1. The minimum absolute atomic E-state index is 0.0196. The van der Waals surface area contributed by atoms with Crippen LogP contribution in [0.4, 0.5) is 10.1 Å². The Bertz CT molecular complexity index is 732. The van der Waals surface area contributed by atoms with E-state index >= 15 is 0 Å². The summed E-state index contributed by atoms with van der Waals surface area (Å²) in [7, 11) is 0. The fourth-order valence-electron chi connectivity index (χ4n) is 2.48. The van der Waals surface area contributed by atoms with E-state index < -0.39 is 23.7 Å². The van der Waals surface area contributed by atoms with Crippen LogP contribution in [0.1, 0.15) is 22.0 Å². The maximum Gasteiger partial charge on any atom is 0.312 e. The number of fused-ring (bicyclic) bond motifs is 1. The Morgan fingerprint density at radius 1 is 1.19 bits per heavy atom. The van der Waals surface area contributed by atoms with Gasteiger partial charge in [-0.1, -0.05) is 24.3 Å². The van der Waals surface area contributed by atoms with Gasteiger partial charge in [-0.25, -0.2) is 4.98 Å². The lowest BCUT2D eigenvalue weighted by Gasteiger charge is -2.16. The van der Waals surface area contributed by atoms with Gasteiger partial charge in [0.15, 0.2) is 0 Å². The monoisotopic (exact) mass is 286 g/mol. The Hall–Kier alpha value is -2.76. The number of pyridine rings is 1. The molecule has 1 aromatic heterocycles. The summed E-state index contributed by atoms with van der Waals surface area (Å²) in [6.45, 7) is 0.0196. The zero-order valence-corrected chi connectivity index (χ0v) is 10.9. The zero-order chi connectivity index (χ0) is 15.0. The fraction of sp³-hybridized carbons (Fsp3) is 0.133.